The van der Waals surface area contributed by atoms with Gasteiger partial charge in [0.1, 0.15) is 0 Å². The van der Waals surface area contributed by atoms with E-state index in [1.165, 1.54) is 11.3 Å². The topological polar surface area (TPSA) is 37.8 Å². The van der Waals surface area contributed by atoms with E-state index >= 15 is 0 Å². The Morgan fingerprint density at radius 2 is 2.05 bits per heavy atom. The van der Waals surface area contributed by atoms with Gasteiger partial charge < -0.3 is 5.32 Å². The second-order valence-electron chi connectivity index (χ2n) is 4.52. The van der Waals surface area contributed by atoms with Crippen molar-refractivity contribution in [2.24, 2.45) is 0 Å². The van der Waals surface area contributed by atoms with Crippen LogP contribution >= 0.6 is 34.5 Å². The quantitative estimate of drug-likeness (QED) is 0.680. The van der Waals surface area contributed by atoms with Crippen LogP contribution in [0.15, 0.2) is 42.0 Å². The molecule has 6 heteroatoms. The van der Waals surface area contributed by atoms with Gasteiger partial charge in [0.2, 0.25) is 0 Å². The van der Waals surface area contributed by atoms with Crippen LogP contribution in [0.4, 0.5) is 10.8 Å². The maximum Gasteiger partial charge on any atom is 0.187 e. The number of nitrogens with one attached hydrogen (secondary N) is 1. The molecule has 0 fully saturated rings. The first kappa shape index (κ1) is 14.3. The number of hydrogen-bond donors (Lipinski definition) is 1. The van der Waals surface area contributed by atoms with Gasteiger partial charge in [0.15, 0.2) is 5.13 Å². The van der Waals surface area contributed by atoms with Crippen molar-refractivity contribution in [1.82, 2.24) is 9.97 Å². The molecule has 3 nitrogen and oxygen atoms in total. The Kier molecular flexibility index (Phi) is 4.10. The van der Waals surface area contributed by atoms with Crippen molar-refractivity contribution >= 4 is 45.4 Å². The molecule has 3 aromatic rings. The minimum atomic E-state index is 0.494. The van der Waals surface area contributed by atoms with Crippen molar-refractivity contribution < 1.29 is 0 Å². The monoisotopic (exact) mass is 335 g/mol. The van der Waals surface area contributed by atoms with Crippen molar-refractivity contribution in [2.45, 2.75) is 6.92 Å². The summed E-state index contributed by atoms with van der Waals surface area (Å²) in [5.74, 6) is 0. The van der Waals surface area contributed by atoms with E-state index in [1.807, 2.05) is 30.6 Å². The van der Waals surface area contributed by atoms with Gasteiger partial charge >= 0.3 is 0 Å². The van der Waals surface area contributed by atoms with Crippen LogP contribution in [0.5, 0.6) is 0 Å². The molecule has 0 aliphatic rings. The Labute approximate surface area is 136 Å². The molecule has 1 aromatic carbocycles. The molecule has 0 aliphatic carbocycles. The summed E-state index contributed by atoms with van der Waals surface area (Å²) in [6.07, 6.45) is 3.62. The van der Waals surface area contributed by atoms with Gasteiger partial charge in [-0.15, -0.1) is 11.3 Å². The number of aryl methyl sites for hydroxylation is 1. The fraction of sp³-hybridized carbons (Fsp3) is 0.0667. The highest BCUT2D eigenvalue weighted by atomic mass is 35.5. The summed E-state index contributed by atoms with van der Waals surface area (Å²) >= 11 is 13.7. The zero-order valence-corrected chi connectivity index (χ0v) is 13.4. The molecule has 0 atom stereocenters. The van der Waals surface area contributed by atoms with Crippen molar-refractivity contribution in [3.8, 4) is 11.3 Å². The van der Waals surface area contributed by atoms with E-state index < -0.39 is 0 Å². The van der Waals surface area contributed by atoms with Gasteiger partial charge in [-0.2, -0.15) is 0 Å². The largest absolute Gasteiger partial charge is 0.330 e. The second-order valence-corrected chi connectivity index (χ2v) is 6.16. The number of pyridine rings is 1. The van der Waals surface area contributed by atoms with Gasteiger partial charge in [-0.3, -0.25) is 4.98 Å². The van der Waals surface area contributed by atoms with Crippen LogP contribution in [0.25, 0.3) is 11.3 Å². The third-order valence-electron chi connectivity index (χ3n) is 2.87. The number of benzene rings is 1. The molecular weight excluding hydrogens is 325 g/mol. The molecule has 0 unspecified atom stereocenters. The van der Waals surface area contributed by atoms with Crippen LogP contribution in [0.3, 0.4) is 0 Å². The molecular formula is C15H11Cl2N3S. The van der Waals surface area contributed by atoms with E-state index in [4.69, 9.17) is 23.2 Å². The third kappa shape index (κ3) is 3.18. The average molecular weight is 336 g/mol. The average Bonchev–Trinajstić information content (AvgIpc) is 2.93. The molecule has 0 aliphatic heterocycles. The number of thiazole rings is 1. The molecule has 1 N–H and O–H groups in total. The van der Waals surface area contributed by atoms with Crippen LogP contribution in [-0.4, -0.2) is 9.97 Å². The summed E-state index contributed by atoms with van der Waals surface area (Å²) in [5.41, 5.74) is 3.73. The fourth-order valence-electron chi connectivity index (χ4n) is 1.87. The number of hydrogen-bond acceptors (Lipinski definition) is 4. The molecule has 0 saturated carbocycles. The maximum atomic E-state index is 6.16. The second kappa shape index (κ2) is 6.02. The maximum absolute atomic E-state index is 6.16. The van der Waals surface area contributed by atoms with Crippen LogP contribution < -0.4 is 5.32 Å². The van der Waals surface area contributed by atoms with E-state index in [2.05, 4.69) is 21.4 Å². The molecule has 2 aromatic heterocycles. The van der Waals surface area contributed by atoms with Gasteiger partial charge in [0.05, 0.1) is 21.4 Å². The first-order chi connectivity index (χ1) is 10.1. The molecule has 0 bridgehead atoms. The Hall–Kier alpha value is -1.62. The van der Waals surface area contributed by atoms with Gasteiger partial charge in [0.25, 0.3) is 0 Å². The lowest BCUT2D eigenvalue weighted by Crippen LogP contribution is -1.91. The summed E-state index contributed by atoms with van der Waals surface area (Å²) in [7, 11) is 0. The molecule has 2 heterocycles. The minimum Gasteiger partial charge on any atom is -0.330 e. The number of anilines is 2. The zero-order chi connectivity index (χ0) is 14.8. The summed E-state index contributed by atoms with van der Waals surface area (Å²) in [6.45, 7) is 2.01. The Balaban J connectivity index is 1.87. The van der Waals surface area contributed by atoms with Gasteiger partial charge in [0, 0.05) is 23.3 Å². The highest BCUT2D eigenvalue weighted by Gasteiger charge is 2.08. The van der Waals surface area contributed by atoms with Crippen LogP contribution in [0.1, 0.15) is 5.56 Å². The van der Waals surface area contributed by atoms with Crippen LogP contribution in [-0.2, 0) is 0 Å². The molecule has 21 heavy (non-hydrogen) atoms. The predicted octanol–water partition coefficient (Wildman–Crippen LogP) is 5.56. The first-order valence-corrected chi connectivity index (χ1v) is 7.85. The van der Waals surface area contributed by atoms with Crippen LogP contribution in [0, 0.1) is 6.92 Å². The van der Waals surface area contributed by atoms with Gasteiger partial charge in [-0.05, 0) is 30.7 Å². The molecule has 3 rings (SSSR count). The zero-order valence-electron chi connectivity index (χ0n) is 11.1. The summed E-state index contributed by atoms with van der Waals surface area (Å²) in [5, 5.41) is 6.94. The standard InChI is InChI=1S/C15H11Cl2N3S/c1-9-5-10(7-18-6-9)13-8-21-15(20-13)19-12-4-2-3-11(16)14(12)17/h2-8H,1H3,(H,19,20). The predicted molar refractivity (Wildman–Crippen MR) is 89.8 cm³/mol. The minimum absolute atomic E-state index is 0.494. The highest BCUT2D eigenvalue weighted by molar-refractivity contribution is 7.14. The Bertz CT molecular complexity index is 786. The Morgan fingerprint density at radius 1 is 1.19 bits per heavy atom. The number of halogens is 2. The summed E-state index contributed by atoms with van der Waals surface area (Å²) in [6, 6.07) is 7.51. The van der Waals surface area contributed by atoms with E-state index in [1.54, 1.807) is 12.3 Å². The van der Waals surface area contributed by atoms with Crippen molar-refractivity contribution in [3.05, 3.63) is 57.6 Å². The van der Waals surface area contributed by atoms with E-state index in [0.29, 0.717) is 10.0 Å². The van der Waals surface area contributed by atoms with Crippen molar-refractivity contribution in [3.63, 3.8) is 0 Å². The lowest BCUT2D eigenvalue weighted by molar-refractivity contribution is 1.26. The fourth-order valence-corrected chi connectivity index (χ4v) is 2.95. The SMILES string of the molecule is Cc1cncc(-c2csc(Nc3cccc(Cl)c3Cl)n2)c1. The summed E-state index contributed by atoms with van der Waals surface area (Å²) < 4.78 is 0. The smallest absolute Gasteiger partial charge is 0.187 e. The molecule has 0 spiro atoms. The third-order valence-corrected chi connectivity index (χ3v) is 4.44. The van der Waals surface area contributed by atoms with Crippen molar-refractivity contribution in [1.29, 1.82) is 0 Å². The van der Waals surface area contributed by atoms with E-state index in [9.17, 15) is 0 Å². The number of nitrogens with zero attached hydrogens (tertiary/aromatic N) is 2. The lowest BCUT2D eigenvalue weighted by atomic mass is 10.2. The lowest BCUT2D eigenvalue weighted by Gasteiger charge is -2.06. The molecule has 106 valence electrons. The van der Waals surface area contributed by atoms with Gasteiger partial charge in [-0.25, -0.2) is 4.98 Å². The summed E-state index contributed by atoms with van der Waals surface area (Å²) in [4.78, 5) is 8.74. The molecule has 0 saturated heterocycles. The number of rotatable bonds is 3. The molecule has 0 radical (unpaired) electrons. The molecule has 0 amide bonds. The highest BCUT2D eigenvalue weighted by Crippen LogP contribution is 2.33. The normalized spacial score (nSPS) is 10.6. The van der Waals surface area contributed by atoms with Crippen LogP contribution in [0.2, 0.25) is 10.0 Å². The first-order valence-electron chi connectivity index (χ1n) is 6.22. The van der Waals surface area contributed by atoms with E-state index in [-0.39, 0.29) is 0 Å². The van der Waals surface area contributed by atoms with Gasteiger partial charge in [-0.1, -0.05) is 29.3 Å². The van der Waals surface area contributed by atoms with Crippen molar-refractivity contribution in [2.75, 3.05) is 5.32 Å². The number of aromatic nitrogens is 2. The Morgan fingerprint density at radius 3 is 2.86 bits per heavy atom. The van der Waals surface area contributed by atoms with E-state index in [0.717, 1.165) is 27.6 Å².